The Bertz CT molecular complexity index is 336. The first-order valence-electron chi connectivity index (χ1n) is 6.55. The summed E-state index contributed by atoms with van der Waals surface area (Å²) >= 11 is 0. The van der Waals surface area contributed by atoms with Gasteiger partial charge in [-0.3, -0.25) is 9.69 Å². The normalized spacial score (nSPS) is 25.9. The molecule has 1 saturated heterocycles. The van der Waals surface area contributed by atoms with Crippen molar-refractivity contribution in [3.05, 3.63) is 11.6 Å². The van der Waals surface area contributed by atoms with Gasteiger partial charge in [-0.05, 0) is 25.7 Å². The summed E-state index contributed by atoms with van der Waals surface area (Å²) in [6.45, 7) is 3.53. The molecule has 1 aliphatic carbocycles. The Morgan fingerprint density at radius 1 is 1.17 bits per heavy atom. The topological polar surface area (TPSA) is 60.9 Å². The number of hydrogen-bond donors (Lipinski definition) is 1. The van der Waals surface area contributed by atoms with E-state index in [1.807, 2.05) is 4.90 Å². The van der Waals surface area contributed by atoms with E-state index in [0.717, 1.165) is 63.8 Å². The summed E-state index contributed by atoms with van der Waals surface area (Å²) in [7, 11) is 0. The number of rotatable bonds is 3. The highest BCUT2D eigenvalue weighted by Crippen LogP contribution is 2.27. The minimum absolute atomic E-state index is 0.560. The molecule has 1 N–H and O–H groups in total. The average molecular weight is 252 g/mol. The summed E-state index contributed by atoms with van der Waals surface area (Å²) in [5.41, 5.74) is 1.06. The Morgan fingerprint density at radius 2 is 1.78 bits per heavy atom. The van der Waals surface area contributed by atoms with Crippen LogP contribution < -0.4 is 0 Å². The third kappa shape index (κ3) is 3.32. The van der Waals surface area contributed by atoms with E-state index >= 15 is 0 Å². The van der Waals surface area contributed by atoms with E-state index in [0.29, 0.717) is 6.04 Å². The lowest BCUT2D eigenvalue weighted by molar-refractivity contribution is -0.131. The van der Waals surface area contributed by atoms with Gasteiger partial charge in [-0.1, -0.05) is 5.57 Å². The number of amides is 1. The highest BCUT2D eigenvalue weighted by atomic mass is 16.4. The predicted octanol–water partition coefficient (Wildman–Crippen LogP) is 0.714. The molecule has 0 spiro atoms. The number of carbonyl (C=O) groups is 2. The van der Waals surface area contributed by atoms with Gasteiger partial charge in [0.15, 0.2) is 0 Å². The molecule has 0 radical (unpaired) electrons. The third-order valence-electron chi connectivity index (χ3n) is 3.94. The van der Waals surface area contributed by atoms with Gasteiger partial charge in [-0.25, -0.2) is 4.79 Å². The summed E-state index contributed by atoms with van der Waals surface area (Å²) in [5, 5.41) is 8.71. The van der Waals surface area contributed by atoms with Crippen molar-refractivity contribution in [2.24, 2.45) is 0 Å². The number of piperazine rings is 1. The summed E-state index contributed by atoms with van der Waals surface area (Å²) in [4.78, 5) is 25.5. The molecule has 2 fully saturated rings. The van der Waals surface area contributed by atoms with Crippen LogP contribution in [0.4, 0.5) is 0 Å². The number of carbonyl (C=O) groups excluding carboxylic acids is 1. The zero-order valence-corrected chi connectivity index (χ0v) is 10.5. The van der Waals surface area contributed by atoms with E-state index in [-0.39, 0.29) is 0 Å². The molecule has 1 amide bonds. The molecule has 0 unspecified atom stereocenters. The lowest BCUT2D eigenvalue weighted by Crippen LogP contribution is -2.50. The number of aliphatic carboxylic acids is 1. The van der Waals surface area contributed by atoms with Crippen LogP contribution in [0.1, 0.15) is 25.7 Å². The third-order valence-corrected chi connectivity index (χ3v) is 3.94. The fourth-order valence-electron chi connectivity index (χ4n) is 2.87. The molecule has 2 rings (SSSR count). The Kier molecular flexibility index (Phi) is 4.36. The monoisotopic (exact) mass is 252 g/mol. The summed E-state index contributed by atoms with van der Waals surface area (Å²) < 4.78 is 0. The number of carboxylic acids is 1. The maximum atomic E-state index is 10.6. The van der Waals surface area contributed by atoms with Crippen molar-refractivity contribution >= 4 is 12.4 Å². The van der Waals surface area contributed by atoms with Gasteiger partial charge in [0, 0.05) is 38.3 Å². The van der Waals surface area contributed by atoms with Gasteiger partial charge in [-0.15, -0.1) is 0 Å². The van der Waals surface area contributed by atoms with Gasteiger partial charge in [0.25, 0.3) is 0 Å². The smallest absolute Gasteiger partial charge is 0.328 e. The lowest BCUT2D eigenvalue weighted by Gasteiger charge is -2.40. The predicted molar refractivity (Wildman–Crippen MR) is 67.2 cm³/mol. The molecule has 5 heteroatoms. The van der Waals surface area contributed by atoms with Crippen LogP contribution in [0.3, 0.4) is 0 Å². The Morgan fingerprint density at radius 3 is 2.28 bits per heavy atom. The van der Waals surface area contributed by atoms with Crippen LogP contribution in [0.25, 0.3) is 0 Å². The van der Waals surface area contributed by atoms with Crippen molar-refractivity contribution in [3.8, 4) is 0 Å². The number of nitrogens with zero attached hydrogens (tertiary/aromatic N) is 2. The molecule has 1 aliphatic heterocycles. The first kappa shape index (κ1) is 13.1. The van der Waals surface area contributed by atoms with Gasteiger partial charge < -0.3 is 10.0 Å². The SMILES string of the molecule is O=CN1CCN(C2CCC(=CC(=O)O)CC2)CC1. The standard InChI is InChI=1S/C13H20N2O3/c16-10-14-5-7-15(8-6-14)12-3-1-11(2-4-12)9-13(17)18/h9-10,12H,1-8H2,(H,17,18). The van der Waals surface area contributed by atoms with Crippen molar-refractivity contribution < 1.29 is 14.7 Å². The maximum absolute atomic E-state index is 10.6. The van der Waals surface area contributed by atoms with E-state index in [9.17, 15) is 9.59 Å². The Balaban J connectivity index is 1.80. The second-order valence-corrected chi connectivity index (χ2v) is 5.05. The van der Waals surface area contributed by atoms with Crippen molar-refractivity contribution in [2.75, 3.05) is 26.2 Å². The molecule has 0 aromatic heterocycles. The van der Waals surface area contributed by atoms with Crippen LogP contribution in [0.15, 0.2) is 11.6 Å². The minimum Gasteiger partial charge on any atom is -0.478 e. The summed E-state index contributed by atoms with van der Waals surface area (Å²) in [6.07, 6.45) is 6.16. The van der Waals surface area contributed by atoms with Crippen molar-refractivity contribution in [1.29, 1.82) is 0 Å². The Labute approximate surface area is 107 Å². The van der Waals surface area contributed by atoms with Crippen molar-refractivity contribution in [1.82, 2.24) is 9.80 Å². The number of carboxylic acid groups (broad SMARTS) is 1. The number of hydrogen-bond acceptors (Lipinski definition) is 3. The lowest BCUT2D eigenvalue weighted by atomic mass is 9.89. The fraction of sp³-hybridized carbons (Fsp3) is 0.692. The molecule has 0 atom stereocenters. The second-order valence-electron chi connectivity index (χ2n) is 5.05. The van der Waals surface area contributed by atoms with Crippen LogP contribution in [-0.4, -0.2) is 59.5 Å². The molecule has 0 aromatic rings. The largest absolute Gasteiger partial charge is 0.478 e. The second kappa shape index (κ2) is 6.00. The summed E-state index contributed by atoms with van der Waals surface area (Å²) in [5.74, 6) is -0.831. The van der Waals surface area contributed by atoms with Crippen LogP contribution in [0, 0.1) is 0 Å². The molecular weight excluding hydrogens is 232 g/mol. The van der Waals surface area contributed by atoms with Crippen LogP contribution in [-0.2, 0) is 9.59 Å². The van der Waals surface area contributed by atoms with Gasteiger partial charge in [0.1, 0.15) is 0 Å². The number of allylic oxidation sites excluding steroid dienone is 1. The van der Waals surface area contributed by atoms with Gasteiger partial charge in [-0.2, -0.15) is 0 Å². The van der Waals surface area contributed by atoms with E-state index in [2.05, 4.69) is 4.90 Å². The molecule has 100 valence electrons. The molecule has 0 bridgehead atoms. The summed E-state index contributed by atoms with van der Waals surface area (Å²) in [6, 6.07) is 0.560. The molecule has 5 nitrogen and oxygen atoms in total. The van der Waals surface area contributed by atoms with E-state index in [4.69, 9.17) is 5.11 Å². The average Bonchev–Trinajstić information content (AvgIpc) is 2.39. The van der Waals surface area contributed by atoms with Gasteiger partial charge in [0.2, 0.25) is 6.41 Å². The maximum Gasteiger partial charge on any atom is 0.328 e. The molecule has 1 heterocycles. The first-order chi connectivity index (χ1) is 8.69. The highest BCUT2D eigenvalue weighted by molar-refractivity contribution is 5.80. The molecule has 1 saturated carbocycles. The van der Waals surface area contributed by atoms with Crippen LogP contribution in [0.5, 0.6) is 0 Å². The van der Waals surface area contributed by atoms with Crippen LogP contribution in [0.2, 0.25) is 0 Å². The molecule has 0 aromatic carbocycles. The first-order valence-corrected chi connectivity index (χ1v) is 6.55. The van der Waals surface area contributed by atoms with E-state index in [1.54, 1.807) is 0 Å². The van der Waals surface area contributed by atoms with Crippen LogP contribution >= 0.6 is 0 Å². The van der Waals surface area contributed by atoms with E-state index in [1.165, 1.54) is 6.08 Å². The zero-order valence-electron chi connectivity index (χ0n) is 10.5. The quantitative estimate of drug-likeness (QED) is 0.594. The molecule has 2 aliphatic rings. The highest BCUT2D eigenvalue weighted by Gasteiger charge is 2.25. The minimum atomic E-state index is -0.831. The Hall–Kier alpha value is -1.36. The fourth-order valence-corrected chi connectivity index (χ4v) is 2.87. The molecular formula is C13H20N2O3. The van der Waals surface area contributed by atoms with Crippen molar-refractivity contribution in [3.63, 3.8) is 0 Å². The van der Waals surface area contributed by atoms with Gasteiger partial charge in [0.05, 0.1) is 0 Å². The molecule has 18 heavy (non-hydrogen) atoms. The van der Waals surface area contributed by atoms with Gasteiger partial charge >= 0.3 is 5.97 Å². The van der Waals surface area contributed by atoms with Crippen molar-refractivity contribution in [2.45, 2.75) is 31.7 Å². The van der Waals surface area contributed by atoms with E-state index < -0.39 is 5.97 Å². The zero-order chi connectivity index (χ0) is 13.0.